The lowest BCUT2D eigenvalue weighted by Crippen LogP contribution is -2.27. The van der Waals surface area contributed by atoms with Crippen molar-refractivity contribution in [3.8, 4) is 5.75 Å². The average molecular weight is 383 g/mol. The molecule has 2 aromatic carbocycles. The van der Waals surface area contributed by atoms with Crippen LogP contribution in [-0.4, -0.2) is 37.9 Å². The molecule has 1 aliphatic rings. The predicted molar refractivity (Wildman–Crippen MR) is 106 cm³/mol. The summed E-state index contributed by atoms with van der Waals surface area (Å²) in [4.78, 5) is 4.91. The van der Waals surface area contributed by atoms with Gasteiger partial charge in [-0.05, 0) is 55.3 Å². The molecule has 0 saturated carbocycles. The standard InChI is InChI=1S/C20H21N3O3S/c1-26-19-7-3-2-6-18(19)22-20-11-8-15-14-16(9-10-17(15)21-20)27(24,25)23-12-4-5-13-23/h2-3,6-11,14H,4-5,12-13H2,1H3,(H,21,22). The van der Waals surface area contributed by atoms with Crippen molar-refractivity contribution in [1.29, 1.82) is 0 Å². The van der Waals surface area contributed by atoms with E-state index in [2.05, 4.69) is 10.3 Å². The maximum Gasteiger partial charge on any atom is 0.243 e. The molecular weight excluding hydrogens is 362 g/mol. The number of aromatic nitrogens is 1. The molecule has 3 aromatic rings. The van der Waals surface area contributed by atoms with Crippen molar-refractivity contribution in [1.82, 2.24) is 9.29 Å². The van der Waals surface area contributed by atoms with Crippen LogP contribution in [0.1, 0.15) is 12.8 Å². The normalized spacial score (nSPS) is 15.1. The monoisotopic (exact) mass is 383 g/mol. The molecule has 7 heteroatoms. The fraction of sp³-hybridized carbons (Fsp3) is 0.250. The van der Waals surface area contributed by atoms with Crippen molar-refractivity contribution in [2.24, 2.45) is 0 Å². The molecule has 2 heterocycles. The Bertz CT molecular complexity index is 1080. The summed E-state index contributed by atoms with van der Waals surface area (Å²) < 4.78 is 32.4. The quantitative estimate of drug-likeness (QED) is 0.726. The van der Waals surface area contributed by atoms with Crippen LogP contribution < -0.4 is 10.1 Å². The number of methoxy groups -OCH3 is 1. The van der Waals surface area contributed by atoms with Gasteiger partial charge in [-0.25, -0.2) is 13.4 Å². The molecule has 0 radical (unpaired) electrons. The number of rotatable bonds is 5. The van der Waals surface area contributed by atoms with Crippen molar-refractivity contribution in [3.05, 3.63) is 54.6 Å². The molecule has 0 atom stereocenters. The first-order valence-corrected chi connectivity index (χ1v) is 10.3. The first kappa shape index (κ1) is 17.8. The van der Waals surface area contributed by atoms with E-state index in [1.807, 2.05) is 36.4 Å². The van der Waals surface area contributed by atoms with Gasteiger partial charge in [-0.3, -0.25) is 0 Å². The van der Waals surface area contributed by atoms with Gasteiger partial charge in [-0.2, -0.15) is 4.31 Å². The van der Waals surface area contributed by atoms with E-state index in [-0.39, 0.29) is 0 Å². The maximum absolute atomic E-state index is 12.7. The summed E-state index contributed by atoms with van der Waals surface area (Å²) in [6, 6.07) is 16.4. The molecule has 27 heavy (non-hydrogen) atoms. The zero-order valence-corrected chi connectivity index (χ0v) is 15.9. The van der Waals surface area contributed by atoms with Gasteiger partial charge in [0.25, 0.3) is 0 Å². The van der Waals surface area contributed by atoms with Crippen LogP contribution in [0.3, 0.4) is 0 Å². The Morgan fingerprint density at radius 2 is 1.81 bits per heavy atom. The Kier molecular flexibility index (Phi) is 4.72. The van der Waals surface area contributed by atoms with E-state index in [1.54, 1.807) is 29.6 Å². The molecule has 0 aliphatic carbocycles. The van der Waals surface area contributed by atoms with Crippen LogP contribution in [0.2, 0.25) is 0 Å². The molecule has 1 N–H and O–H groups in total. The van der Waals surface area contributed by atoms with Crippen molar-refractivity contribution < 1.29 is 13.2 Å². The zero-order valence-electron chi connectivity index (χ0n) is 15.1. The molecule has 140 valence electrons. The fourth-order valence-electron chi connectivity index (χ4n) is 3.30. The Morgan fingerprint density at radius 3 is 2.59 bits per heavy atom. The highest BCUT2D eigenvalue weighted by Crippen LogP contribution is 2.28. The number of sulfonamides is 1. The summed E-state index contributed by atoms with van der Waals surface area (Å²) in [7, 11) is -1.80. The van der Waals surface area contributed by atoms with Crippen molar-refractivity contribution in [2.45, 2.75) is 17.7 Å². The van der Waals surface area contributed by atoms with Crippen LogP contribution in [0.15, 0.2) is 59.5 Å². The summed E-state index contributed by atoms with van der Waals surface area (Å²) in [6.07, 6.45) is 1.85. The summed E-state index contributed by atoms with van der Waals surface area (Å²) in [5, 5.41) is 4.04. The Labute approximate surface area is 158 Å². The fourth-order valence-corrected chi connectivity index (χ4v) is 4.85. The van der Waals surface area contributed by atoms with E-state index in [9.17, 15) is 8.42 Å². The van der Waals surface area contributed by atoms with Crippen LogP contribution in [0.5, 0.6) is 5.75 Å². The van der Waals surface area contributed by atoms with Gasteiger partial charge >= 0.3 is 0 Å². The minimum Gasteiger partial charge on any atom is -0.495 e. The summed E-state index contributed by atoms with van der Waals surface area (Å²) >= 11 is 0. The number of nitrogens with zero attached hydrogens (tertiary/aromatic N) is 2. The lowest BCUT2D eigenvalue weighted by atomic mass is 10.2. The molecule has 1 aromatic heterocycles. The first-order valence-electron chi connectivity index (χ1n) is 8.89. The minimum absolute atomic E-state index is 0.323. The van der Waals surface area contributed by atoms with Crippen molar-refractivity contribution in [2.75, 3.05) is 25.5 Å². The predicted octanol–water partition coefficient (Wildman–Crippen LogP) is 3.77. The number of para-hydroxylation sites is 2. The number of benzene rings is 2. The van der Waals surface area contributed by atoms with Crippen LogP contribution in [0.4, 0.5) is 11.5 Å². The second kappa shape index (κ2) is 7.17. The summed E-state index contributed by atoms with van der Waals surface area (Å²) in [5.74, 6) is 1.40. The topological polar surface area (TPSA) is 71.5 Å². The third-order valence-electron chi connectivity index (χ3n) is 4.73. The molecule has 1 fully saturated rings. The number of pyridine rings is 1. The van der Waals surface area contributed by atoms with E-state index in [0.717, 1.165) is 35.2 Å². The summed E-state index contributed by atoms with van der Waals surface area (Å²) in [5.41, 5.74) is 1.55. The lowest BCUT2D eigenvalue weighted by molar-refractivity contribution is 0.417. The number of ether oxygens (including phenoxy) is 1. The third-order valence-corrected chi connectivity index (χ3v) is 6.63. The van der Waals surface area contributed by atoms with Gasteiger partial charge in [0, 0.05) is 18.5 Å². The Balaban J connectivity index is 1.64. The van der Waals surface area contributed by atoms with Gasteiger partial charge in [0.2, 0.25) is 10.0 Å². The molecule has 6 nitrogen and oxygen atoms in total. The van der Waals surface area contributed by atoms with E-state index >= 15 is 0 Å². The first-order chi connectivity index (χ1) is 13.1. The van der Waals surface area contributed by atoms with Gasteiger partial charge in [0.15, 0.2) is 0 Å². The van der Waals surface area contributed by atoms with Crippen LogP contribution in [0.25, 0.3) is 10.9 Å². The van der Waals surface area contributed by atoms with Crippen molar-refractivity contribution in [3.63, 3.8) is 0 Å². The second-order valence-electron chi connectivity index (χ2n) is 6.49. The van der Waals surface area contributed by atoms with E-state index < -0.39 is 10.0 Å². The third kappa shape index (κ3) is 3.48. The Morgan fingerprint density at radius 1 is 1.04 bits per heavy atom. The van der Waals surface area contributed by atoms with Crippen LogP contribution >= 0.6 is 0 Å². The molecule has 1 aliphatic heterocycles. The van der Waals surface area contributed by atoms with Crippen LogP contribution in [0, 0.1) is 0 Å². The molecule has 0 spiro atoms. The molecule has 0 amide bonds. The summed E-state index contributed by atoms with van der Waals surface area (Å²) in [6.45, 7) is 1.20. The Hall–Kier alpha value is -2.64. The van der Waals surface area contributed by atoms with E-state index in [4.69, 9.17) is 4.74 Å². The highest BCUT2D eigenvalue weighted by molar-refractivity contribution is 7.89. The molecule has 0 bridgehead atoms. The minimum atomic E-state index is -3.42. The van der Waals surface area contributed by atoms with Crippen molar-refractivity contribution >= 4 is 32.4 Å². The van der Waals surface area contributed by atoms with Gasteiger partial charge in [0.1, 0.15) is 11.6 Å². The molecule has 1 saturated heterocycles. The van der Waals surface area contributed by atoms with Crippen LogP contribution in [-0.2, 0) is 10.0 Å². The lowest BCUT2D eigenvalue weighted by Gasteiger charge is -2.16. The van der Waals surface area contributed by atoms with Gasteiger partial charge in [-0.15, -0.1) is 0 Å². The number of nitrogens with one attached hydrogen (secondary N) is 1. The second-order valence-corrected chi connectivity index (χ2v) is 8.43. The van der Waals surface area contributed by atoms with Gasteiger partial charge in [0.05, 0.1) is 23.2 Å². The zero-order chi connectivity index (χ0) is 18.9. The number of fused-ring (bicyclic) bond motifs is 1. The van der Waals surface area contributed by atoms with E-state index in [1.165, 1.54) is 0 Å². The molecule has 4 rings (SSSR count). The maximum atomic E-state index is 12.7. The SMILES string of the molecule is COc1ccccc1Nc1ccc2cc(S(=O)(=O)N3CCCC3)ccc2n1. The molecular formula is C20H21N3O3S. The average Bonchev–Trinajstić information content (AvgIpc) is 3.24. The smallest absolute Gasteiger partial charge is 0.243 e. The largest absolute Gasteiger partial charge is 0.495 e. The number of hydrogen-bond acceptors (Lipinski definition) is 5. The molecule has 0 unspecified atom stereocenters. The van der Waals surface area contributed by atoms with E-state index in [0.29, 0.717) is 23.8 Å². The number of hydrogen-bond donors (Lipinski definition) is 1. The van der Waals surface area contributed by atoms with Gasteiger partial charge in [-0.1, -0.05) is 12.1 Å². The van der Waals surface area contributed by atoms with Gasteiger partial charge < -0.3 is 10.1 Å². The number of anilines is 2. The highest BCUT2D eigenvalue weighted by Gasteiger charge is 2.27. The highest BCUT2D eigenvalue weighted by atomic mass is 32.2.